The van der Waals surface area contributed by atoms with E-state index in [0.717, 1.165) is 65.5 Å². The number of hydrogen-bond donors (Lipinski definition) is 0. The third-order valence-corrected chi connectivity index (χ3v) is 6.56. The van der Waals surface area contributed by atoms with Crippen molar-refractivity contribution in [3.63, 3.8) is 0 Å². The smallest absolute Gasteiger partial charge is 0.260 e. The monoisotopic (exact) mass is 439 g/mol. The van der Waals surface area contributed by atoms with Crippen molar-refractivity contribution in [2.45, 2.75) is 20.8 Å². The molecule has 1 aliphatic rings. The molecule has 7 heteroatoms. The molecule has 0 saturated carbocycles. The zero-order valence-corrected chi connectivity index (χ0v) is 19.2. The zero-order valence-electron chi connectivity index (χ0n) is 18.4. The molecule has 2 aromatic carbocycles. The highest BCUT2D eigenvalue weighted by atomic mass is 32.1. The quantitative estimate of drug-likeness (QED) is 0.550. The van der Waals surface area contributed by atoms with Crippen LogP contribution in [0.1, 0.15) is 28.4 Å². The van der Waals surface area contributed by atoms with E-state index in [1.165, 1.54) is 11.3 Å². The summed E-state index contributed by atoms with van der Waals surface area (Å²) >= 11 is 1.54. The average molecular weight is 440 g/mol. The highest BCUT2D eigenvalue weighted by molar-refractivity contribution is 7.22. The van der Waals surface area contributed by atoms with Gasteiger partial charge in [0.2, 0.25) is 0 Å². The van der Waals surface area contributed by atoms with Crippen LogP contribution in [0.3, 0.4) is 0 Å². The van der Waals surface area contributed by atoms with Crippen molar-refractivity contribution in [2.24, 2.45) is 0 Å². The van der Waals surface area contributed by atoms with Crippen LogP contribution < -0.4 is 9.64 Å². The Morgan fingerprint density at radius 1 is 1.23 bits per heavy atom. The van der Waals surface area contributed by atoms with Gasteiger partial charge in [-0.1, -0.05) is 35.1 Å². The van der Waals surface area contributed by atoms with Crippen molar-refractivity contribution in [3.8, 4) is 5.75 Å². The molecule has 1 amide bonds. The lowest BCUT2D eigenvalue weighted by Crippen LogP contribution is -2.43. The first kappa shape index (κ1) is 21.7. The van der Waals surface area contributed by atoms with E-state index in [-0.39, 0.29) is 5.91 Å². The van der Waals surface area contributed by atoms with Gasteiger partial charge in [-0.2, -0.15) is 0 Å². The number of benzene rings is 2. The summed E-state index contributed by atoms with van der Waals surface area (Å²) in [6.07, 6.45) is 0. The Balaban J connectivity index is 1.69. The van der Waals surface area contributed by atoms with E-state index >= 15 is 0 Å². The first-order valence-corrected chi connectivity index (χ1v) is 11.6. The molecule has 4 rings (SSSR count). The molecule has 164 valence electrons. The van der Waals surface area contributed by atoms with Crippen LogP contribution in [-0.2, 0) is 4.74 Å². The zero-order chi connectivity index (χ0) is 21.8. The van der Waals surface area contributed by atoms with Crippen LogP contribution in [0.25, 0.3) is 10.2 Å². The van der Waals surface area contributed by atoms with E-state index in [1.807, 2.05) is 62.1 Å². The predicted molar refractivity (Wildman–Crippen MR) is 126 cm³/mol. The van der Waals surface area contributed by atoms with E-state index in [2.05, 4.69) is 4.90 Å². The second-order valence-electron chi connectivity index (χ2n) is 7.76. The van der Waals surface area contributed by atoms with Gasteiger partial charge in [-0.15, -0.1) is 0 Å². The summed E-state index contributed by atoms with van der Waals surface area (Å²) < 4.78 is 12.3. The van der Waals surface area contributed by atoms with E-state index < -0.39 is 0 Å². The minimum Gasteiger partial charge on any atom is -0.492 e. The molecule has 0 bridgehead atoms. The number of fused-ring (bicyclic) bond motifs is 1. The molecule has 1 fully saturated rings. The fraction of sp³-hybridized carbons (Fsp3) is 0.417. The topological polar surface area (TPSA) is 54.9 Å². The minimum absolute atomic E-state index is 0.00789. The highest BCUT2D eigenvalue weighted by Crippen LogP contribution is 2.35. The summed E-state index contributed by atoms with van der Waals surface area (Å²) in [7, 11) is 0. The molecule has 1 aromatic heterocycles. The molecule has 0 N–H and O–H groups in total. The number of hydrogen-bond acceptors (Lipinski definition) is 6. The summed E-state index contributed by atoms with van der Waals surface area (Å²) in [5.74, 6) is 0.751. The molecule has 3 aromatic rings. The Labute approximate surface area is 187 Å². The number of carbonyl (C=O) groups is 1. The molecule has 0 unspecified atom stereocenters. The lowest BCUT2D eigenvalue weighted by molar-refractivity contribution is 0.0391. The lowest BCUT2D eigenvalue weighted by atomic mass is 10.0. The van der Waals surface area contributed by atoms with Gasteiger partial charge in [0.1, 0.15) is 11.3 Å². The highest BCUT2D eigenvalue weighted by Gasteiger charge is 2.24. The van der Waals surface area contributed by atoms with Crippen LogP contribution in [0.4, 0.5) is 5.13 Å². The van der Waals surface area contributed by atoms with Gasteiger partial charge in [0.15, 0.2) is 5.13 Å². The van der Waals surface area contributed by atoms with Gasteiger partial charge in [0.05, 0.1) is 24.5 Å². The number of thiazole rings is 1. The largest absolute Gasteiger partial charge is 0.492 e. The summed E-state index contributed by atoms with van der Waals surface area (Å²) in [6, 6.07) is 11.9. The Kier molecular flexibility index (Phi) is 6.85. The maximum absolute atomic E-state index is 13.7. The fourth-order valence-electron chi connectivity index (χ4n) is 3.76. The predicted octanol–water partition coefficient (Wildman–Crippen LogP) is 4.29. The maximum atomic E-state index is 13.7. The third kappa shape index (κ3) is 4.89. The summed E-state index contributed by atoms with van der Waals surface area (Å²) in [5.41, 5.74) is 3.59. The van der Waals surface area contributed by atoms with Gasteiger partial charge in [0, 0.05) is 31.7 Å². The normalized spacial score (nSPS) is 14.7. The Morgan fingerprint density at radius 2 is 2.03 bits per heavy atom. The molecule has 1 aliphatic heterocycles. The second kappa shape index (κ2) is 9.77. The SMILES string of the molecule is CCOc1cccc2sc(N(CCN3CCOCC3)C(=O)c3cc(C)ccc3C)nc12. The number of rotatable bonds is 7. The molecule has 2 heterocycles. The summed E-state index contributed by atoms with van der Waals surface area (Å²) in [6.45, 7) is 11.2. The van der Waals surface area contributed by atoms with Crippen LogP contribution >= 0.6 is 11.3 Å². The van der Waals surface area contributed by atoms with Gasteiger partial charge in [-0.25, -0.2) is 4.98 Å². The standard InChI is InChI=1S/C24H29N3O3S/c1-4-30-20-6-5-7-21-22(20)25-24(31-21)27(11-10-26-12-14-29-15-13-26)23(28)19-16-17(2)8-9-18(19)3/h5-9,16H,4,10-15H2,1-3H3. The van der Waals surface area contributed by atoms with Crippen LogP contribution in [0.2, 0.25) is 0 Å². The average Bonchev–Trinajstić information content (AvgIpc) is 3.21. The first-order valence-electron chi connectivity index (χ1n) is 10.8. The van der Waals surface area contributed by atoms with Crippen molar-refractivity contribution in [2.75, 3.05) is 50.9 Å². The number of amides is 1. The van der Waals surface area contributed by atoms with E-state index in [4.69, 9.17) is 14.5 Å². The molecule has 31 heavy (non-hydrogen) atoms. The van der Waals surface area contributed by atoms with Crippen LogP contribution in [0.15, 0.2) is 36.4 Å². The Bertz CT molecular complexity index is 1060. The summed E-state index contributed by atoms with van der Waals surface area (Å²) in [4.78, 5) is 22.7. The number of carbonyl (C=O) groups excluding carboxylic acids is 1. The van der Waals surface area contributed by atoms with Gasteiger partial charge in [0.25, 0.3) is 5.91 Å². The van der Waals surface area contributed by atoms with E-state index in [1.54, 1.807) is 0 Å². The third-order valence-electron chi connectivity index (χ3n) is 5.51. The molecule has 6 nitrogen and oxygen atoms in total. The number of nitrogens with zero attached hydrogens (tertiary/aromatic N) is 3. The molecular weight excluding hydrogens is 410 g/mol. The second-order valence-corrected chi connectivity index (χ2v) is 8.77. The molecule has 0 atom stereocenters. The Morgan fingerprint density at radius 3 is 2.81 bits per heavy atom. The van der Waals surface area contributed by atoms with Crippen LogP contribution in [0, 0.1) is 13.8 Å². The van der Waals surface area contributed by atoms with Crippen molar-refractivity contribution in [1.82, 2.24) is 9.88 Å². The van der Waals surface area contributed by atoms with Gasteiger partial charge >= 0.3 is 0 Å². The number of aryl methyl sites for hydroxylation is 2. The maximum Gasteiger partial charge on any atom is 0.260 e. The molecule has 1 saturated heterocycles. The number of aromatic nitrogens is 1. The molecular formula is C24H29N3O3S. The van der Waals surface area contributed by atoms with Crippen LogP contribution in [0.5, 0.6) is 5.75 Å². The number of anilines is 1. The molecule has 0 radical (unpaired) electrons. The number of morpholine rings is 1. The van der Waals surface area contributed by atoms with E-state index in [9.17, 15) is 4.79 Å². The van der Waals surface area contributed by atoms with Crippen molar-refractivity contribution in [3.05, 3.63) is 53.1 Å². The van der Waals surface area contributed by atoms with Crippen molar-refractivity contribution in [1.29, 1.82) is 0 Å². The van der Waals surface area contributed by atoms with Gasteiger partial charge in [-0.05, 0) is 44.5 Å². The summed E-state index contributed by atoms with van der Waals surface area (Å²) in [5, 5.41) is 0.710. The number of para-hydroxylation sites is 1. The van der Waals surface area contributed by atoms with Gasteiger partial charge in [-0.3, -0.25) is 14.6 Å². The first-order chi connectivity index (χ1) is 15.1. The van der Waals surface area contributed by atoms with Crippen molar-refractivity contribution < 1.29 is 14.3 Å². The van der Waals surface area contributed by atoms with Crippen molar-refractivity contribution >= 4 is 32.6 Å². The van der Waals surface area contributed by atoms with Gasteiger partial charge < -0.3 is 9.47 Å². The van der Waals surface area contributed by atoms with E-state index in [0.29, 0.717) is 18.3 Å². The van der Waals surface area contributed by atoms with Crippen LogP contribution in [-0.4, -0.2) is 61.8 Å². The molecule has 0 aliphatic carbocycles. The Hall–Kier alpha value is -2.48. The lowest BCUT2D eigenvalue weighted by Gasteiger charge is -2.29. The molecule has 0 spiro atoms. The number of ether oxygens (including phenoxy) is 2. The minimum atomic E-state index is -0.00789. The fourth-order valence-corrected chi connectivity index (χ4v) is 4.77.